The number of benzene rings is 1. The average molecular weight is 563 g/mol. The van der Waals surface area contributed by atoms with Crippen LogP contribution in [-0.4, -0.2) is 112 Å². The zero-order chi connectivity index (χ0) is 26.5. The number of piperidine rings is 1. The van der Waals surface area contributed by atoms with Gasteiger partial charge in [0, 0.05) is 82.4 Å². The third-order valence-corrected chi connectivity index (χ3v) is 8.69. The van der Waals surface area contributed by atoms with Gasteiger partial charge in [-0.15, -0.1) is 4.31 Å². The molecular formula is C26H35ClN6O4S. The van der Waals surface area contributed by atoms with Gasteiger partial charge in [0.2, 0.25) is 5.95 Å². The van der Waals surface area contributed by atoms with E-state index in [-0.39, 0.29) is 12.0 Å². The predicted octanol–water partition coefficient (Wildman–Crippen LogP) is 2.06. The summed E-state index contributed by atoms with van der Waals surface area (Å²) in [6.45, 7) is 8.11. The lowest BCUT2D eigenvalue weighted by Crippen LogP contribution is -2.47. The fourth-order valence-electron chi connectivity index (χ4n) is 5.04. The number of anilines is 1. The molecular weight excluding hydrogens is 528 g/mol. The summed E-state index contributed by atoms with van der Waals surface area (Å²) < 4.78 is 25.2. The lowest BCUT2D eigenvalue weighted by Gasteiger charge is -2.33. The second-order valence-electron chi connectivity index (χ2n) is 9.87. The maximum Gasteiger partial charge on any atom is 0.257 e. The molecule has 0 N–H and O–H groups in total. The van der Waals surface area contributed by atoms with Gasteiger partial charge in [-0.1, -0.05) is 17.7 Å². The molecule has 3 fully saturated rings. The van der Waals surface area contributed by atoms with Crippen LogP contribution in [0.4, 0.5) is 5.95 Å². The van der Waals surface area contributed by atoms with E-state index in [1.807, 2.05) is 16.4 Å². The van der Waals surface area contributed by atoms with E-state index < -0.39 is 11.4 Å². The van der Waals surface area contributed by atoms with Gasteiger partial charge in [0.05, 0.1) is 36.9 Å². The Hall–Kier alpha value is -2.15. The van der Waals surface area contributed by atoms with Crippen molar-refractivity contribution in [3.63, 3.8) is 0 Å². The number of morpholine rings is 1. The fraction of sp³-hybridized carbons (Fsp3) is 0.577. The highest BCUT2D eigenvalue weighted by Crippen LogP contribution is 2.29. The van der Waals surface area contributed by atoms with Gasteiger partial charge in [0.25, 0.3) is 5.91 Å². The van der Waals surface area contributed by atoms with Gasteiger partial charge in [-0.3, -0.25) is 9.69 Å². The van der Waals surface area contributed by atoms with Crippen molar-refractivity contribution >= 4 is 34.8 Å². The first-order chi connectivity index (χ1) is 18.5. The lowest BCUT2D eigenvalue weighted by atomic mass is 10.1. The Morgan fingerprint density at radius 3 is 2.39 bits per heavy atom. The molecule has 3 saturated heterocycles. The topological polar surface area (TPSA) is 97.3 Å². The van der Waals surface area contributed by atoms with Crippen molar-refractivity contribution in [2.24, 2.45) is 0 Å². The van der Waals surface area contributed by atoms with Gasteiger partial charge in [-0.25, -0.2) is 9.97 Å². The van der Waals surface area contributed by atoms with Crippen molar-refractivity contribution in [1.82, 2.24) is 24.1 Å². The minimum atomic E-state index is -0.900. The zero-order valence-corrected chi connectivity index (χ0v) is 23.3. The number of carbonyl (C=O) groups excluding carboxylic acids is 1. The Morgan fingerprint density at radius 1 is 1.08 bits per heavy atom. The average Bonchev–Trinajstić information content (AvgIpc) is 2.95. The number of carbonyl (C=O) groups is 1. The van der Waals surface area contributed by atoms with Crippen molar-refractivity contribution in [1.29, 1.82) is 0 Å². The Bertz CT molecular complexity index is 1070. The predicted molar refractivity (Wildman–Crippen MR) is 147 cm³/mol. The summed E-state index contributed by atoms with van der Waals surface area (Å²) in [5.74, 6) is 1.30. The number of halogens is 1. The number of rotatable bonds is 7. The third kappa shape index (κ3) is 6.88. The monoisotopic (exact) mass is 562 g/mol. The highest BCUT2D eigenvalue weighted by Gasteiger charge is 2.25. The van der Waals surface area contributed by atoms with Gasteiger partial charge in [0.15, 0.2) is 0 Å². The van der Waals surface area contributed by atoms with Gasteiger partial charge in [-0.2, -0.15) is 0 Å². The van der Waals surface area contributed by atoms with Crippen molar-refractivity contribution in [3.8, 4) is 5.75 Å². The standard InChI is InChI=1S/C26H35ClN6O4S/c1-38(35)33-10-8-30(9-11-33)19-20-2-3-24(23(27)16-20)37-22-4-6-32(7-5-22)26-28-17-21(18-29-26)25(34)31-12-14-36-15-13-31/h2-3,16-18,22H,4-15,19H2,1H3. The highest BCUT2D eigenvalue weighted by molar-refractivity contribution is 7.88. The SMILES string of the molecule is C[S+]([O-])N1CCN(Cc2ccc(OC3CCN(c4ncc(C(=O)N5CCOCC5)cn4)CC3)c(Cl)c2)CC1. The van der Waals surface area contributed by atoms with Crippen LogP contribution in [0.5, 0.6) is 5.75 Å². The van der Waals surface area contributed by atoms with Gasteiger partial charge in [0.1, 0.15) is 18.1 Å². The number of nitrogens with zero attached hydrogens (tertiary/aromatic N) is 6. The van der Waals surface area contributed by atoms with Crippen molar-refractivity contribution in [2.75, 3.05) is 76.7 Å². The first-order valence-corrected chi connectivity index (χ1v) is 15.1. The van der Waals surface area contributed by atoms with E-state index in [0.717, 1.165) is 64.2 Å². The smallest absolute Gasteiger partial charge is 0.257 e. The second-order valence-corrected chi connectivity index (χ2v) is 11.6. The molecule has 1 atom stereocenters. The van der Waals surface area contributed by atoms with Crippen LogP contribution in [0.25, 0.3) is 0 Å². The quantitative estimate of drug-likeness (QED) is 0.470. The lowest BCUT2D eigenvalue weighted by molar-refractivity contribution is 0.0302. The van der Waals surface area contributed by atoms with E-state index in [1.54, 1.807) is 23.5 Å². The maximum absolute atomic E-state index is 12.6. The number of ether oxygens (including phenoxy) is 2. The molecule has 2 aromatic rings. The second kappa shape index (κ2) is 12.8. The van der Waals surface area contributed by atoms with Crippen LogP contribution in [0.2, 0.25) is 5.02 Å². The van der Waals surface area contributed by atoms with E-state index in [2.05, 4.69) is 25.8 Å². The zero-order valence-electron chi connectivity index (χ0n) is 21.8. The van der Waals surface area contributed by atoms with Crippen LogP contribution >= 0.6 is 11.6 Å². The molecule has 5 rings (SSSR count). The summed E-state index contributed by atoms with van der Waals surface area (Å²) in [4.78, 5) is 27.8. The van der Waals surface area contributed by atoms with Crippen LogP contribution in [0.15, 0.2) is 30.6 Å². The van der Waals surface area contributed by atoms with Gasteiger partial charge >= 0.3 is 0 Å². The number of aromatic nitrogens is 2. The number of amides is 1. The highest BCUT2D eigenvalue weighted by atomic mass is 35.5. The van der Waals surface area contributed by atoms with Gasteiger partial charge < -0.3 is 23.8 Å². The van der Waals surface area contributed by atoms with Crippen LogP contribution in [0, 0.1) is 0 Å². The third-order valence-electron chi connectivity index (χ3n) is 7.30. The largest absolute Gasteiger partial charge is 0.598 e. The van der Waals surface area contributed by atoms with Crippen LogP contribution in [-0.2, 0) is 22.6 Å². The van der Waals surface area contributed by atoms with E-state index in [1.165, 1.54) is 0 Å². The molecule has 0 bridgehead atoms. The molecule has 1 unspecified atom stereocenters. The molecule has 0 aliphatic carbocycles. The summed E-state index contributed by atoms with van der Waals surface area (Å²) in [6.07, 6.45) is 6.71. The molecule has 0 radical (unpaired) electrons. The summed E-state index contributed by atoms with van der Waals surface area (Å²) in [7, 11) is 0. The van der Waals surface area contributed by atoms with E-state index >= 15 is 0 Å². The Morgan fingerprint density at radius 2 is 1.76 bits per heavy atom. The molecule has 38 heavy (non-hydrogen) atoms. The molecule has 0 spiro atoms. The molecule has 1 amide bonds. The molecule has 12 heteroatoms. The van der Waals surface area contributed by atoms with Crippen molar-refractivity contribution in [3.05, 3.63) is 46.7 Å². The van der Waals surface area contributed by atoms with Gasteiger partial charge in [-0.05, 0) is 17.7 Å². The fourth-order valence-corrected chi connectivity index (χ4v) is 5.96. The Kier molecular flexibility index (Phi) is 9.24. The molecule has 3 aliphatic rings. The van der Waals surface area contributed by atoms with E-state index in [0.29, 0.717) is 48.6 Å². The maximum atomic E-state index is 12.6. The van der Waals surface area contributed by atoms with Crippen LogP contribution < -0.4 is 9.64 Å². The summed E-state index contributed by atoms with van der Waals surface area (Å²) in [5.41, 5.74) is 1.66. The molecule has 3 aliphatic heterocycles. The normalized spacial score (nSPS) is 20.9. The molecule has 1 aromatic carbocycles. The first-order valence-electron chi connectivity index (χ1n) is 13.2. The Balaban J connectivity index is 1.08. The molecule has 4 heterocycles. The minimum Gasteiger partial charge on any atom is -0.598 e. The summed E-state index contributed by atoms with van der Waals surface area (Å²) in [5, 5.41) is 0.627. The van der Waals surface area contributed by atoms with Crippen LogP contribution in [0.1, 0.15) is 28.8 Å². The summed E-state index contributed by atoms with van der Waals surface area (Å²) in [6, 6.07) is 6.03. The molecule has 1 aromatic heterocycles. The number of hydrogen-bond donors (Lipinski definition) is 0. The van der Waals surface area contributed by atoms with Crippen molar-refractivity contribution in [2.45, 2.75) is 25.5 Å². The number of piperazine rings is 1. The van der Waals surface area contributed by atoms with Crippen LogP contribution in [0.3, 0.4) is 0 Å². The molecule has 0 saturated carbocycles. The van der Waals surface area contributed by atoms with Crippen molar-refractivity contribution < 1.29 is 18.8 Å². The van der Waals surface area contributed by atoms with E-state index in [9.17, 15) is 9.35 Å². The summed E-state index contributed by atoms with van der Waals surface area (Å²) >= 11 is 5.69. The molecule has 10 nitrogen and oxygen atoms in total. The molecule has 206 valence electrons. The Labute approximate surface area is 232 Å². The number of hydrogen-bond acceptors (Lipinski definition) is 9. The first kappa shape index (κ1) is 27.4. The minimum absolute atomic E-state index is 0.0494. The van der Waals surface area contributed by atoms with E-state index in [4.69, 9.17) is 21.1 Å².